The summed E-state index contributed by atoms with van der Waals surface area (Å²) in [6, 6.07) is 6.08. The predicted molar refractivity (Wildman–Crippen MR) is 61.1 cm³/mol. The number of halogens is 1. The van der Waals surface area contributed by atoms with Crippen molar-refractivity contribution in [2.24, 2.45) is 5.73 Å². The van der Waals surface area contributed by atoms with E-state index in [1.165, 1.54) is 12.1 Å². The van der Waals surface area contributed by atoms with Gasteiger partial charge in [0.15, 0.2) is 0 Å². The first kappa shape index (κ1) is 12.6. The normalized spacial score (nSPS) is 12.2. The molecule has 0 bridgehead atoms. The molecule has 0 aliphatic rings. The third-order valence-corrected chi connectivity index (χ3v) is 2.23. The van der Waals surface area contributed by atoms with Crippen LogP contribution in [0.5, 0.6) is 0 Å². The largest absolute Gasteiger partial charge is 0.341 e. The maximum absolute atomic E-state index is 12.9. The van der Waals surface area contributed by atoms with E-state index in [1.807, 2.05) is 0 Å². The topological polar surface area (TPSA) is 46.3 Å². The van der Waals surface area contributed by atoms with E-state index in [0.29, 0.717) is 13.0 Å². The third kappa shape index (κ3) is 3.98. The predicted octanol–water partition coefficient (Wildman–Crippen LogP) is 1.52. The molecule has 0 aliphatic carbocycles. The molecule has 16 heavy (non-hydrogen) atoms. The van der Waals surface area contributed by atoms with Crippen LogP contribution in [0.1, 0.15) is 18.9 Å². The van der Waals surface area contributed by atoms with Gasteiger partial charge in [-0.05, 0) is 24.6 Å². The van der Waals surface area contributed by atoms with Crippen molar-refractivity contribution in [3.63, 3.8) is 0 Å². The monoisotopic (exact) mass is 224 g/mol. The van der Waals surface area contributed by atoms with Crippen LogP contribution in [0, 0.1) is 5.82 Å². The number of nitrogens with zero attached hydrogens (tertiary/aromatic N) is 1. The highest BCUT2D eigenvalue weighted by Gasteiger charge is 2.11. The summed E-state index contributed by atoms with van der Waals surface area (Å²) in [5, 5.41) is 0. The summed E-state index contributed by atoms with van der Waals surface area (Å²) in [7, 11) is 1.69. The standard InChI is InChI=1S/C12H17FN2O/c1-9(14)6-12(16)15(2)8-10-4-3-5-11(13)7-10/h3-5,7,9H,6,8,14H2,1-2H3. The van der Waals surface area contributed by atoms with Gasteiger partial charge < -0.3 is 10.6 Å². The lowest BCUT2D eigenvalue weighted by Crippen LogP contribution is -2.31. The molecule has 2 N–H and O–H groups in total. The lowest BCUT2D eigenvalue weighted by atomic mass is 10.2. The Kier molecular flexibility index (Phi) is 4.43. The average molecular weight is 224 g/mol. The van der Waals surface area contributed by atoms with E-state index in [9.17, 15) is 9.18 Å². The van der Waals surface area contributed by atoms with E-state index in [-0.39, 0.29) is 17.8 Å². The molecule has 3 nitrogen and oxygen atoms in total. The fourth-order valence-electron chi connectivity index (χ4n) is 1.43. The average Bonchev–Trinajstić information content (AvgIpc) is 2.16. The number of nitrogens with two attached hydrogens (primary N) is 1. The molecule has 1 amide bonds. The smallest absolute Gasteiger partial charge is 0.224 e. The van der Waals surface area contributed by atoms with Crippen molar-refractivity contribution in [1.82, 2.24) is 4.90 Å². The number of rotatable bonds is 4. The molecule has 0 aromatic heterocycles. The number of hydrogen-bond donors (Lipinski definition) is 1. The zero-order valence-electron chi connectivity index (χ0n) is 9.61. The molecule has 1 unspecified atom stereocenters. The summed E-state index contributed by atoms with van der Waals surface area (Å²) in [4.78, 5) is 13.1. The van der Waals surface area contributed by atoms with E-state index >= 15 is 0 Å². The van der Waals surface area contributed by atoms with Crippen LogP contribution < -0.4 is 5.73 Å². The van der Waals surface area contributed by atoms with Gasteiger partial charge in [-0.3, -0.25) is 4.79 Å². The van der Waals surface area contributed by atoms with Crippen LogP contribution in [0.4, 0.5) is 4.39 Å². The third-order valence-electron chi connectivity index (χ3n) is 2.23. The number of hydrogen-bond acceptors (Lipinski definition) is 2. The Morgan fingerprint density at radius 1 is 1.56 bits per heavy atom. The van der Waals surface area contributed by atoms with Crippen molar-refractivity contribution in [3.05, 3.63) is 35.6 Å². The first-order valence-corrected chi connectivity index (χ1v) is 5.23. The van der Waals surface area contributed by atoms with Gasteiger partial charge in [-0.2, -0.15) is 0 Å². The highest BCUT2D eigenvalue weighted by atomic mass is 19.1. The number of amides is 1. The van der Waals surface area contributed by atoms with Crippen LogP contribution in [-0.2, 0) is 11.3 Å². The Bertz CT molecular complexity index is 366. The van der Waals surface area contributed by atoms with Gasteiger partial charge in [-0.1, -0.05) is 12.1 Å². The fourth-order valence-corrected chi connectivity index (χ4v) is 1.43. The first-order chi connectivity index (χ1) is 7.49. The maximum Gasteiger partial charge on any atom is 0.224 e. The Balaban J connectivity index is 2.57. The van der Waals surface area contributed by atoms with Crippen LogP contribution in [0.2, 0.25) is 0 Å². The Labute approximate surface area is 95.0 Å². The lowest BCUT2D eigenvalue weighted by molar-refractivity contribution is -0.130. The minimum Gasteiger partial charge on any atom is -0.341 e. The van der Waals surface area contributed by atoms with Gasteiger partial charge in [0.05, 0.1) is 0 Å². The molecule has 4 heteroatoms. The van der Waals surface area contributed by atoms with Crippen molar-refractivity contribution >= 4 is 5.91 Å². The van der Waals surface area contributed by atoms with Crippen molar-refractivity contribution < 1.29 is 9.18 Å². The molecule has 0 saturated heterocycles. The van der Waals surface area contributed by atoms with Crippen LogP contribution in [0.25, 0.3) is 0 Å². The molecule has 0 aliphatic heterocycles. The van der Waals surface area contributed by atoms with E-state index in [1.54, 1.807) is 31.0 Å². The van der Waals surface area contributed by atoms with Crippen LogP contribution in [-0.4, -0.2) is 23.9 Å². The second-order valence-electron chi connectivity index (χ2n) is 4.06. The summed E-state index contributed by atoms with van der Waals surface area (Å²) in [5.74, 6) is -0.315. The molecule has 0 spiro atoms. The number of carbonyl (C=O) groups is 1. The molecule has 88 valence electrons. The SMILES string of the molecule is CC(N)CC(=O)N(C)Cc1cccc(F)c1. The molecule has 0 saturated carbocycles. The van der Waals surface area contributed by atoms with Gasteiger partial charge in [0.2, 0.25) is 5.91 Å². The Morgan fingerprint density at radius 3 is 2.81 bits per heavy atom. The van der Waals surface area contributed by atoms with Crippen LogP contribution >= 0.6 is 0 Å². The van der Waals surface area contributed by atoms with Gasteiger partial charge in [-0.15, -0.1) is 0 Å². The number of benzene rings is 1. The van der Waals surface area contributed by atoms with Crippen molar-refractivity contribution in [2.75, 3.05) is 7.05 Å². The van der Waals surface area contributed by atoms with Crippen LogP contribution in [0.15, 0.2) is 24.3 Å². The summed E-state index contributed by atoms with van der Waals surface area (Å²) in [6.45, 7) is 2.19. The highest BCUT2D eigenvalue weighted by Crippen LogP contribution is 2.07. The van der Waals surface area contributed by atoms with Gasteiger partial charge in [0.25, 0.3) is 0 Å². The minimum absolute atomic E-state index is 0.0285. The Hall–Kier alpha value is -1.42. The van der Waals surface area contributed by atoms with E-state index in [2.05, 4.69) is 0 Å². The fraction of sp³-hybridized carbons (Fsp3) is 0.417. The summed E-state index contributed by atoms with van der Waals surface area (Å²) in [5.41, 5.74) is 6.32. The first-order valence-electron chi connectivity index (χ1n) is 5.23. The van der Waals surface area contributed by atoms with E-state index in [4.69, 9.17) is 5.73 Å². The number of carbonyl (C=O) groups excluding carboxylic acids is 1. The molecule has 1 rings (SSSR count). The van der Waals surface area contributed by atoms with Crippen LogP contribution in [0.3, 0.4) is 0 Å². The minimum atomic E-state index is -0.287. The van der Waals surface area contributed by atoms with E-state index < -0.39 is 0 Å². The zero-order chi connectivity index (χ0) is 12.1. The van der Waals surface area contributed by atoms with Gasteiger partial charge in [0.1, 0.15) is 5.82 Å². The lowest BCUT2D eigenvalue weighted by Gasteiger charge is -2.18. The Morgan fingerprint density at radius 2 is 2.25 bits per heavy atom. The molecule has 1 aromatic carbocycles. The summed E-state index contributed by atoms with van der Waals surface area (Å²) >= 11 is 0. The summed E-state index contributed by atoms with van der Waals surface area (Å²) < 4.78 is 12.9. The molecule has 0 heterocycles. The van der Waals surface area contributed by atoms with Gasteiger partial charge in [0, 0.05) is 26.1 Å². The molecule has 0 fully saturated rings. The second kappa shape index (κ2) is 5.61. The second-order valence-corrected chi connectivity index (χ2v) is 4.06. The quantitative estimate of drug-likeness (QED) is 0.842. The van der Waals surface area contributed by atoms with Gasteiger partial charge >= 0.3 is 0 Å². The summed E-state index contributed by atoms with van der Waals surface area (Å²) in [6.07, 6.45) is 0.311. The van der Waals surface area contributed by atoms with Crippen molar-refractivity contribution in [3.8, 4) is 0 Å². The maximum atomic E-state index is 12.9. The molecular weight excluding hydrogens is 207 g/mol. The molecular formula is C12H17FN2O. The zero-order valence-corrected chi connectivity index (χ0v) is 9.61. The molecule has 0 radical (unpaired) electrons. The van der Waals surface area contributed by atoms with E-state index in [0.717, 1.165) is 5.56 Å². The van der Waals surface area contributed by atoms with Gasteiger partial charge in [-0.25, -0.2) is 4.39 Å². The van der Waals surface area contributed by atoms with Crippen molar-refractivity contribution in [2.45, 2.75) is 25.9 Å². The van der Waals surface area contributed by atoms with Crippen molar-refractivity contribution in [1.29, 1.82) is 0 Å². The molecule has 1 aromatic rings. The highest BCUT2D eigenvalue weighted by molar-refractivity contribution is 5.76. The molecule has 1 atom stereocenters.